The number of carbonyl (C=O) groups is 2. The van der Waals surface area contributed by atoms with Gasteiger partial charge in [-0.2, -0.15) is 5.06 Å². The van der Waals surface area contributed by atoms with Crippen LogP contribution in [-0.4, -0.2) is 84.1 Å². The molecule has 11 heteroatoms. The minimum atomic E-state index is -0.528. The summed E-state index contributed by atoms with van der Waals surface area (Å²) < 4.78 is 9.98. The lowest BCUT2D eigenvalue weighted by Gasteiger charge is -2.35. The van der Waals surface area contributed by atoms with Gasteiger partial charge in [0.05, 0.1) is 12.6 Å². The van der Waals surface area contributed by atoms with Crippen LogP contribution in [0.1, 0.15) is 19.3 Å². The fourth-order valence-electron chi connectivity index (χ4n) is 3.90. The standard InChI is InChI=1S/C14H23N5O5S/c20-13(12-2-1-10-5-18(12)14(21)19(10)24-25)16-23-6-9-3-11(4-15-9)17-7-22-8-17/h9-12,15,25H,1-8H2,(H,16,20)/t9-,10?,11+,12?/m1/s1. The molecule has 2 unspecified atom stereocenters. The van der Waals surface area contributed by atoms with Crippen molar-refractivity contribution < 1.29 is 23.4 Å². The molecule has 2 N–H and O–H groups in total. The van der Waals surface area contributed by atoms with Crippen LogP contribution in [0.5, 0.6) is 0 Å². The zero-order chi connectivity index (χ0) is 17.4. The van der Waals surface area contributed by atoms with E-state index in [0.29, 0.717) is 45.5 Å². The number of nitrogens with one attached hydrogen (secondary N) is 2. The molecule has 4 fully saturated rings. The number of thiol groups is 1. The molecular formula is C14H23N5O5S. The van der Waals surface area contributed by atoms with E-state index < -0.39 is 6.04 Å². The van der Waals surface area contributed by atoms with Gasteiger partial charge in [0.1, 0.15) is 19.5 Å². The van der Waals surface area contributed by atoms with E-state index in [-0.39, 0.29) is 24.0 Å². The second kappa shape index (κ2) is 7.25. The zero-order valence-electron chi connectivity index (χ0n) is 13.8. The van der Waals surface area contributed by atoms with Gasteiger partial charge in [-0.3, -0.25) is 14.5 Å². The molecule has 4 aliphatic heterocycles. The first-order valence-electron chi connectivity index (χ1n) is 8.55. The van der Waals surface area contributed by atoms with Gasteiger partial charge in [-0.05, 0) is 19.3 Å². The summed E-state index contributed by atoms with van der Waals surface area (Å²) in [7, 11) is 0. The predicted octanol–water partition coefficient (Wildman–Crippen LogP) is -0.943. The number of urea groups is 1. The Kier molecular flexibility index (Phi) is 5.02. The van der Waals surface area contributed by atoms with Crippen molar-refractivity contribution in [2.75, 3.05) is 33.2 Å². The lowest BCUT2D eigenvalue weighted by Crippen LogP contribution is -2.50. The maximum atomic E-state index is 12.4. The van der Waals surface area contributed by atoms with Crippen molar-refractivity contribution in [3.05, 3.63) is 0 Å². The number of hydrogen-bond acceptors (Lipinski definition) is 8. The van der Waals surface area contributed by atoms with E-state index in [4.69, 9.17) is 13.9 Å². The molecule has 140 valence electrons. The Bertz CT molecular complexity index is 536. The number of nitrogens with zero attached hydrogens (tertiary/aromatic N) is 3. The van der Waals surface area contributed by atoms with Gasteiger partial charge in [-0.15, -0.1) is 0 Å². The topological polar surface area (TPSA) is 95.6 Å². The molecule has 10 nitrogen and oxygen atoms in total. The first-order valence-corrected chi connectivity index (χ1v) is 8.92. The van der Waals surface area contributed by atoms with E-state index in [9.17, 15) is 9.59 Å². The number of rotatable bonds is 6. The lowest BCUT2D eigenvalue weighted by atomic mass is 10.0. The van der Waals surface area contributed by atoms with Crippen LogP contribution < -0.4 is 10.8 Å². The Morgan fingerprint density at radius 1 is 1.36 bits per heavy atom. The first kappa shape index (κ1) is 17.3. The van der Waals surface area contributed by atoms with Gasteiger partial charge in [-0.25, -0.2) is 14.6 Å². The van der Waals surface area contributed by atoms with Crippen LogP contribution in [0.15, 0.2) is 0 Å². The van der Waals surface area contributed by atoms with Gasteiger partial charge in [0, 0.05) is 38.1 Å². The Labute approximate surface area is 151 Å². The highest BCUT2D eigenvalue weighted by Gasteiger charge is 2.48. The van der Waals surface area contributed by atoms with Gasteiger partial charge in [0.15, 0.2) is 0 Å². The number of ether oxygens (including phenoxy) is 1. The Balaban J connectivity index is 1.21. The van der Waals surface area contributed by atoms with Crippen LogP contribution in [0.2, 0.25) is 0 Å². The highest BCUT2D eigenvalue weighted by molar-refractivity contribution is 7.75. The van der Waals surface area contributed by atoms with Crippen LogP contribution in [0.25, 0.3) is 0 Å². The van der Waals surface area contributed by atoms with E-state index >= 15 is 0 Å². The molecule has 0 aromatic rings. The summed E-state index contributed by atoms with van der Waals surface area (Å²) in [6.45, 7) is 3.15. The summed E-state index contributed by atoms with van der Waals surface area (Å²) >= 11 is 3.71. The molecule has 0 aromatic carbocycles. The Hall–Kier alpha value is -1.11. The quantitative estimate of drug-likeness (QED) is 0.314. The van der Waals surface area contributed by atoms with Gasteiger partial charge >= 0.3 is 6.03 Å². The summed E-state index contributed by atoms with van der Waals surface area (Å²) in [4.78, 5) is 33.7. The summed E-state index contributed by atoms with van der Waals surface area (Å²) in [6.07, 6.45) is 2.24. The summed E-state index contributed by atoms with van der Waals surface area (Å²) in [6, 6.07) is -0.236. The SMILES string of the molecule is O=C(NOC[C@H]1C[C@H](N2COC2)CN1)C1CCC2CN1C(=O)N2OS. The molecule has 4 atom stereocenters. The number of piperidine rings is 1. The molecule has 4 rings (SSSR count). The van der Waals surface area contributed by atoms with E-state index in [2.05, 4.69) is 28.6 Å². The Morgan fingerprint density at radius 3 is 2.92 bits per heavy atom. The predicted molar refractivity (Wildman–Crippen MR) is 87.8 cm³/mol. The third kappa shape index (κ3) is 3.32. The smallest absolute Gasteiger partial charge is 0.345 e. The van der Waals surface area contributed by atoms with Crippen LogP contribution in [-0.2, 0) is 18.7 Å². The van der Waals surface area contributed by atoms with E-state index in [1.165, 1.54) is 9.96 Å². The minimum Gasteiger partial charge on any atom is -0.351 e. The van der Waals surface area contributed by atoms with Crippen LogP contribution in [0.4, 0.5) is 4.79 Å². The van der Waals surface area contributed by atoms with Crippen molar-refractivity contribution in [2.45, 2.75) is 43.4 Å². The molecule has 0 radical (unpaired) electrons. The fourth-order valence-corrected chi connectivity index (χ4v) is 4.11. The molecule has 0 spiro atoms. The third-order valence-corrected chi connectivity index (χ3v) is 5.58. The number of carbonyl (C=O) groups excluding carboxylic acids is 2. The maximum Gasteiger partial charge on any atom is 0.345 e. The van der Waals surface area contributed by atoms with Gasteiger partial charge < -0.3 is 15.0 Å². The largest absolute Gasteiger partial charge is 0.351 e. The van der Waals surface area contributed by atoms with Gasteiger partial charge in [0.25, 0.3) is 5.91 Å². The maximum absolute atomic E-state index is 12.4. The van der Waals surface area contributed by atoms with Crippen LogP contribution in [0.3, 0.4) is 0 Å². The number of amides is 3. The van der Waals surface area contributed by atoms with Crippen molar-refractivity contribution in [2.24, 2.45) is 0 Å². The molecule has 2 bridgehead atoms. The third-order valence-electron chi connectivity index (χ3n) is 5.40. The normalized spacial score (nSPS) is 35.2. The van der Waals surface area contributed by atoms with E-state index in [0.717, 1.165) is 13.0 Å². The van der Waals surface area contributed by atoms with Crippen molar-refractivity contribution in [3.63, 3.8) is 0 Å². The zero-order valence-corrected chi connectivity index (χ0v) is 14.7. The molecule has 0 aromatic heterocycles. The summed E-state index contributed by atoms with van der Waals surface area (Å²) in [5, 5.41) is 4.61. The summed E-state index contributed by atoms with van der Waals surface area (Å²) in [5.74, 6) is -0.293. The van der Waals surface area contributed by atoms with E-state index in [1.807, 2.05) is 0 Å². The Morgan fingerprint density at radius 2 is 2.20 bits per heavy atom. The summed E-state index contributed by atoms with van der Waals surface area (Å²) in [5.41, 5.74) is 2.50. The minimum absolute atomic E-state index is 0.0416. The van der Waals surface area contributed by atoms with E-state index in [1.54, 1.807) is 0 Å². The molecular weight excluding hydrogens is 350 g/mol. The highest BCUT2D eigenvalue weighted by Crippen LogP contribution is 2.30. The average Bonchev–Trinajstić information content (AvgIpc) is 3.10. The molecule has 25 heavy (non-hydrogen) atoms. The molecule has 0 aliphatic carbocycles. The number of hydroxylamine groups is 3. The van der Waals surface area contributed by atoms with Crippen LogP contribution >= 0.6 is 12.9 Å². The monoisotopic (exact) mass is 373 g/mol. The molecule has 4 heterocycles. The second-order valence-electron chi connectivity index (χ2n) is 6.91. The number of hydrogen-bond donors (Lipinski definition) is 3. The molecule has 4 saturated heterocycles. The van der Waals surface area contributed by atoms with Crippen molar-refractivity contribution >= 4 is 24.8 Å². The van der Waals surface area contributed by atoms with Crippen molar-refractivity contribution in [1.82, 2.24) is 25.7 Å². The second-order valence-corrected chi connectivity index (χ2v) is 7.08. The van der Waals surface area contributed by atoms with Crippen molar-refractivity contribution in [3.8, 4) is 0 Å². The highest BCUT2D eigenvalue weighted by atomic mass is 32.1. The van der Waals surface area contributed by atoms with Crippen molar-refractivity contribution in [1.29, 1.82) is 0 Å². The van der Waals surface area contributed by atoms with Gasteiger partial charge in [-0.1, -0.05) is 0 Å². The fraction of sp³-hybridized carbons (Fsp3) is 0.857. The molecule has 3 amide bonds. The number of fused-ring (bicyclic) bond motifs is 2. The van der Waals surface area contributed by atoms with Gasteiger partial charge in [0.2, 0.25) is 0 Å². The molecule has 4 aliphatic rings. The molecule has 0 saturated carbocycles. The lowest BCUT2D eigenvalue weighted by molar-refractivity contribution is -0.162. The first-order chi connectivity index (χ1) is 12.2. The average molecular weight is 373 g/mol. The van der Waals surface area contributed by atoms with Crippen LogP contribution in [0, 0.1) is 0 Å².